The first-order chi connectivity index (χ1) is 11.7. The van der Waals surface area contributed by atoms with Crippen LogP contribution in [-0.2, 0) is 4.79 Å². The number of carbonyl (C=O) groups is 1. The second-order valence-electron chi connectivity index (χ2n) is 6.92. The van der Waals surface area contributed by atoms with Crippen LogP contribution in [0.2, 0.25) is 0 Å². The highest BCUT2D eigenvalue weighted by Gasteiger charge is 2.31. The van der Waals surface area contributed by atoms with Crippen molar-refractivity contribution < 1.29 is 24.2 Å². The zero-order valence-electron chi connectivity index (χ0n) is 14.7. The van der Waals surface area contributed by atoms with Gasteiger partial charge in [0.05, 0.1) is 12.2 Å². The number of aliphatic hydroxyl groups excluding tert-OH is 1. The maximum Gasteiger partial charge on any atom is 0.336 e. The largest absolute Gasteiger partial charge is 0.493 e. The van der Waals surface area contributed by atoms with Gasteiger partial charge in [-0.25, -0.2) is 4.79 Å². The molecule has 0 fully saturated rings. The number of benzene rings is 1. The summed E-state index contributed by atoms with van der Waals surface area (Å²) in [6.45, 7) is 5.08. The predicted molar refractivity (Wildman–Crippen MR) is 93.7 cm³/mol. The fraction of sp³-hybridized carbons (Fsp3) is 0.474. The average Bonchev–Trinajstić information content (AvgIpc) is 2.52. The van der Waals surface area contributed by atoms with E-state index in [2.05, 4.69) is 0 Å². The van der Waals surface area contributed by atoms with Crippen molar-refractivity contribution >= 4 is 16.8 Å². The van der Waals surface area contributed by atoms with Crippen molar-refractivity contribution in [2.45, 2.75) is 45.3 Å². The molecule has 2 rings (SSSR count). The summed E-state index contributed by atoms with van der Waals surface area (Å²) >= 11 is 0. The lowest BCUT2D eigenvalue weighted by Crippen LogP contribution is -2.42. The van der Waals surface area contributed by atoms with Gasteiger partial charge < -0.3 is 19.4 Å². The summed E-state index contributed by atoms with van der Waals surface area (Å²) in [5.41, 5.74) is -1.40. The summed E-state index contributed by atoms with van der Waals surface area (Å²) in [7, 11) is 0. The van der Waals surface area contributed by atoms with E-state index < -0.39 is 17.3 Å². The second kappa shape index (κ2) is 7.80. The van der Waals surface area contributed by atoms with Gasteiger partial charge in [0, 0.05) is 23.9 Å². The van der Waals surface area contributed by atoms with Crippen molar-refractivity contribution in [2.24, 2.45) is 5.92 Å². The Bertz CT molecular complexity index is 786. The molecule has 0 saturated carbocycles. The molecule has 2 aromatic rings. The molecule has 1 aromatic heterocycles. The van der Waals surface area contributed by atoms with Crippen LogP contribution in [0.3, 0.4) is 0 Å². The van der Waals surface area contributed by atoms with E-state index in [9.17, 15) is 19.8 Å². The summed E-state index contributed by atoms with van der Waals surface area (Å²) in [5, 5.41) is 20.2. The van der Waals surface area contributed by atoms with Crippen LogP contribution < -0.4 is 10.4 Å². The van der Waals surface area contributed by atoms with Crippen molar-refractivity contribution in [1.29, 1.82) is 0 Å². The number of carbonyl (C=O) groups excluding carboxylic acids is 1. The number of hydrogen-bond donors (Lipinski definition) is 2. The Balaban J connectivity index is 1.86. The molecule has 0 radical (unpaired) electrons. The number of fused-ring (bicyclic) bond motifs is 1. The van der Waals surface area contributed by atoms with Gasteiger partial charge in [-0.3, -0.25) is 4.79 Å². The van der Waals surface area contributed by atoms with Crippen molar-refractivity contribution in [3.8, 4) is 5.75 Å². The molecule has 25 heavy (non-hydrogen) atoms. The maximum atomic E-state index is 11.9. The summed E-state index contributed by atoms with van der Waals surface area (Å²) in [6.07, 6.45) is -0.610. The van der Waals surface area contributed by atoms with E-state index in [0.717, 1.165) is 5.39 Å². The van der Waals surface area contributed by atoms with E-state index in [0.29, 0.717) is 24.4 Å². The smallest absolute Gasteiger partial charge is 0.336 e. The van der Waals surface area contributed by atoms with Gasteiger partial charge in [0.1, 0.15) is 17.4 Å². The molecule has 0 spiro atoms. The summed E-state index contributed by atoms with van der Waals surface area (Å²) in [5.74, 6) is 0.201. The summed E-state index contributed by atoms with van der Waals surface area (Å²) in [6, 6.07) is 8.30. The number of aliphatic hydroxyl groups is 2. The van der Waals surface area contributed by atoms with E-state index >= 15 is 0 Å². The monoisotopic (exact) mass is 348 g/mol. The van der Waals surface area contributed by atoms with Gasteiger partial charge in [-0.05, 0) is 44.4 Å². The highest BCUT2D eigenvalue weighted by molar-refractivity contribution is 5.84. The van der Waals surface area contributed by atoms with Crippen LogP contribution in [-0.4, -0.2) is 34.3 Å². The molecule has 0 saturated heterocycles. The highest BCUT2D eigenvalue weighted by atomic mass is 16.5. The molecule has 0 unspecified atom stereocenters. The van der Waals surface area contributed by atoms with E-state index in [1.807, 2.05) is 6.92 Å². The molecular formula is C19H24O6. The lowest BCUT2D eigenvalue weighted by atomic mass is 9.91. The first-order valence-electron chi connectivity index (χ1n) is 8.26. The van der Waals surface area contributed by atoms with Crippen LogP contribution in [0.25, 0.3) is 11.0 Å². The van der Waals surface area contributed by atoms with E-state index in [1.165, 1.54) is 19.9 Å². The van der Waals surface area contributed by atoms with Crippen LogP contribution in [0, 0.1) is 5.92 Å². The number of rotatable bonds is 8. The van der Waals surface area contributed by atoms with Gasteiger partial charge in [-0.2, -0.15) is 0 Å². The molecule has 2 N–H and O–H groups in total. The quantitative estimate of drug-likeness (QED) is 0.711. The van der Waals surface area contributed by atoms with Gasteiger partial charge in [0.15, 0.2) is 5.78 Å². The fourth-order valence-corrected chi connectivity index (χ4v) is 2.46. The normalized spacial score (nSPS) is 14.3. The van der Waals surface area contributed by atoms with Crippen LogP contribution in [0.15, 0.2) is 39.5 Å². The Hall–Kier alpha value is -2.18. The lowest BCUT2D eigenvalue weighted by Gasteiger charge is -2.24. The Morgan fingerprint density at radius 1 is 1.28 bits per heavy atom. The van der Waals surface area contributed by atoms with Crippen LogP contribution in [0.5, 0.6) is 5.75 Å². The average molecular weight is 348 g/mol. The topological polar surface area (TPSA) is 97.0 Å². The molecule has 0 bridgehead atoms. The molecule has 0 aliphatic heterocycles. The molecule has 136 valence electrons. The first-order valence-corrected chi connectivity index (χ1v) is 8.26. The Morgan fingerprint density at radius 2 is 1.96 bits per heavy atom. The number of ether oxygens (including phenoxy) is 1. The molecule has 0 aliphatic carbocycles. The third-order valence-electron chi connectivity index (χ3n) is 4.00. The molecule has 1 heterocycles. The van der Waals surface area contributed by atoms with E-state index in [1.54, 1.807) is 24.3 Å². The minimum atomic E-state index is -1.44. The Kier molecular flexibility index (Phi) is 5.98. The van der Waals surface area contributed by atoms with Gasteiger partial charge in [-0.15, -0.1) is 0 Å². The number of ketones is 1. The van der Waals surface area contributed by atoms with Crippen molar-refractivity contribution in [2.75, 3.05) is 6.61 Å². The van der Waals surface area contributed by atoms with Gasteiger partial charge in [0.25, 0.3) is 0 Å². The molecule has 1 aromatic carbocycles. The third-order valence-corrected chi connectivity index (χ3v) is 4.00. The molecular weight excluding hydrogens is 324 g/mol. The van der Waals surface area contributed by atoms with E-state index in [4.69, 9.17) is 9.15 Å². The summed E-state index contributed by atoms with van der Waals surface area (Å²) in [4.78, 5) is 23.2. The van der Waals surface area contributed by atoms with Gasteiger partial charge in [-0.1, -0.05) is 6.92 Å². The lowest BCUT2D eigenvalue weighted by molar-refractivity contribution is -0.140. The molecule has 6 heteroatoms. The standard InChI is InChI=1S/C19H24O6/c1-12(10-15(20)18(22)19(2,3)23)8-9-24-14-6-4-13-5-7-17(21)25-16(13)11-14/h4-7,11-12,18,22-23H,8-10H2,1-3H3/t12-,18+/m1/s1. The number of hydrogen-bond acceptors (Lipinski definition) is 6. The predicted octanol–water partition coefficient (Wildman–Crippen LogP) is 2.29. The minimum absolute atomic E-state index is 0.00267. The van der Waals surface area contributed by atoms with Crippen LogP contribution in [0.1, 0.15) is 33.6 Å². The number of Topliss-reactive ketones (excluding diaryl/α,β-unsaturated/α-hetero) is 1. The fourth-order valence-electron chi connectivity index (χ4n) is 2.46. The van der Waals surface area contributed by atoms with Gasteiger partial charge in [0.2, 0.25) is 0 Å². The second-order valence-corrected chi connectivity index (χ2v) is 6.92. The van der Waals surface area contributed by atoms with Crippen LogP contribution in [0.4, 0.5) is 0 Å². The van der Waals surface area contributed by atoms with Crippen LogP contribution >= 0.6 is 0 Å². The first kappa shape index (κ1) is 19.1. The summed E-state index contributed by atoms with van der Waals surface area (Å²) < 4.78 is 10.8. The Labute approximate surface area is 146 Å². The van der Waals surface area contributed by atoms with Crippen molar-refractivity contribution in [1.82, 2.24) is 0 Å². The minimum Gasteiger partial charge on any atom is -0.493 e. The van der Waals surface area contributed by atoms with Crippen molar-refractivity contribution in [3.63, 3.8) is 0 Å². The highest BCUT2D eigenvalue weighted by Crippen LogP contribution is 2.21. The molecule has 0 aliphatic rings. The maximum absolute atomic E-state index is 11.9. The molecule has 0 amide bonds. The zero-order chi connectivity index (χ0) is 18.6. The van der Waals surface area contributed by atoms with Gasteiger partial charge >= 0.3 is 5.63 Å². The Morgan fingerprint density at radius 3 is 2.64 bits per heavy atom. The third kappa shape index (κ3) is 5.41. The zero-order valence-corrected chi connectivity index (χ0v) is 14.7. The SMILES string of the molecule is C[C@H](CCOc1ccc2ccc(=O)oc2c1)CC(=O)[C@H](O)C(C)(C)O. The molecule has 2 atom stereocenters. The van der Waals surface area contributed by atoms with Crippen molar-refractivity contribution in [3.05, 3.63) is 40.8 Å². The molecule has 6 nitrogen and oxygen atoms in total. The van der Waals surface area contributed by atoms with E-state index in [-0.39, 0.29) is 18.1 Å².